The van der Waals surface area contributed by atoms with Gasteiger partial charge in [0.2, 0.25) is 0 Å². The van der Waals surface area contributed by atoms with Crippen LogP contribution in [0.5, 0.6) is 0 Å². The average Bonchev–Trinajstić information content (AvgIpc) is 1.97. The molecule has 0 aliphatic carbocycles. The van der Waals surface area contributed by atoms with Crippen molar-refractivity contribution in [2.24, 2.45) is 0 Å². The summed E-state index contributed by atoms with van der Waals surface area (Å²) in [6.45, 7) is 1.85. The molecular formula is C7H13N4+. The van der Waals surface area contributed by atoms with E-state index in [-0.39, 0.29) is 0 Å². The van der Waals surface area contributed by atoms with E-state index in [0.29, 0.717) is 17.1 Å². The van der Waals surface area contributed by atoms with E-state index in [1.54, 1.807) is 6.07 Å². The molecule has 1 rings (SSSR count). The van der Waals surface area contributed by atoms with Crippen molar-refractivity contribution in [1.29, 1.82) is 0 Å². The molecule has 0 amide bonds. The smallest absolute Gasteiger partial charge is 0.156 e. The van der Waals surface area contributed by atoms with Crippen LogP contribution in [-0.4, -0.2) is 0 Å². The van der Waals surface area contributed by atoms with Crippen molar-refractivity contribution in [3.63, 3.8) is 0 Å². The quantitative estimate of drug-likeness (QED) is 0.381. The van der Waals surface area contributed by atoms with Crippen molar-refractivity contribution >= 4 is 22.7 Å². The molecule has 0 unspecified atom stereocenters. The minimum atomic E-state index is 0.521. The highest BCUT2D eigenvalue weighted by Gasteiger charge is 2.08. The lowest BCUT2D eigenvalue weighted by molar-refractivity contribution is -0.254. The lowest BCUT2D eigenvalue weighted by atomic mass is 10.1. The molecule has 0 aliphatic heterocycles. The Hall–Kier alpha value is -1.42. The Balaban J connectivity index is 3.46. The summed E-state index contributed by atoms with van der Waals surface area (Å²) < 4.78 is 0. The van der Waals surface area contributed by atoms with Crippen molar-refractivity contribution in [2.45, 2.75) is 6.92 Å². The standard InChI is InChI=1S/C7H12N4/c1-3-6(10)4(8)2-5(9)7(3)11/h2H,8-11H2,1H3/p+1. The van der Waals surface area contributed by atoms with Gasteiger partial charge in [0.25, 0.3) is 0 Å². The molecule has 0 heterocycles. The summed E-state index contributed by atoms with van der Waals surface area (Å²) in [6, 6.07) is 1.63. The number of quaternary nitrogens is 1. The molecule has 4 nitrogen and oxygen atoms in total. The van der Waals surface area contributed by atoms with Gasteiger partial charge in [0, 0.05) is 5.56 Å². The van der Waals surface area contributed by atoms with Gasteiger partial charge in [0.1, 0.15) is 0 Å². The fourth-order valence-corrected chi connectivity index (χ4v) is 0.928. The minimum absolute atomic E-state index is 0.521. The van der Waals surface area contributed by atoms with E-state index in [4.69, 9.17) is 17.2 Å². The van der Waals surface area contributed by atoms with Gasteiger partial charge < -0.3 is 22.9 Å². The first-order chi connectivity index (χ1) is 5.04. The van der Waals surface area contributed by atoms with Crippen LogP contribution in [0, 0.1) is 6.92 Å². The van der Waals surface area contributed by atoms with Gasteiger partial charge in [-0.1, -0.05) is 0 Å². The number of anilines is 3. The van der Waals surface area contributed by atoms with E-state index in [2.05, 4.69) is 5.73 Å². The largest absolute Gasteiger partial charge is 0.397 e. The van der Waals surface area contributed by atoms with E-state index < -0.39 is 0 Å². The molecule has 0 spiro atoms. The third-order valence-corrected chi connectivity index (χ3v) is 1.83. The number of nitrogens with two attached hydrogens (primary N) is 3. The maximum atomic E-state index is 5.63. The summed E-state index contributed by atoms with van der Waals surface area (Å²) in [7, 11) is 0. The van der Waals surface area contributed by atoms with Crippen molar-refractivity contribution in [3.05, 3.63) is 11.6 Å². The molecule has 11 heavy (non-hydrogen) atoms. The molecule has 0 saturated heterocycles. The summed E-state index contributed by atoms with van der Waals surface area (Å²) >= 11 is 0. The van der Waals surface area contributed by atoms with Crippen LogP contribution in [0.15, 0.2) is 6.07 Å². The number of benzene rings is 1. The van der Waals surface area contributed by atoms with Crippen LogP contribution in [-0.2, 0) is 0 Å². The molecule has 0 saturated carbocycles. The first-order valence-electron chi connectivity index (χ1n) is 3.30. The number of rotatable bonds is 0. The normalized spacial score (nSPS) is 10.0. The Morgan fingerprint density at radius 2 is 1.73 bits per heavy atom. The van der Waals surface area contributed by atoms with Crippen LogP contribution < -0.4 is 22.9 Å². The second kappa shape index (κ2) is 2.32. The Morgan fingerprint density at radius 3 is 2.27 bits per heavy atom. The second-order valence-corrected chi connectivity index (χ2v) is 2.57. The van der Waals surface area contributed by atoms with Gasteiger partial charge in [-0.25, -0.2) is 0 Å². The zero-order valence-electron chi connectivity index (χ0n) is 6.52. The molecule has 4 heteroatoms. The fourth-order valence-electron chi connectivity index (χ4n) is 0.928. The molecule has 0 aromatic heterocycles. The molecule has 0 radical (unpaired) electrons. The van der Waals surface area contributed by atoms with Crippen molar-refractivity contribution < 1.29 is 5.73 Å². The van der Waals surface area contributed by atoms with E-state index in [1.807, 2.05) is 6.92 Å². The van der Waals surface area contributed by atoms with Crippen LogP contribution in [0.4, 0.5) is 22.7 Å². The summed E-state index contributed by atoms with van der Waals surface area (Å²) in [5.74, 6) is 0. The van der Waals surface area contributed by atoms with Gasteiger partial charge in [-0.2, -0.15) is 0 Å². The monoisotopic (exact) mass is 153 g/mol. The third-order valence-electron chi connectivity index (χ3n) is 1.83. The Morgan fingerprint density at radius 1 is 1.18 bits per heavy atom. The van der Waals surface area contributed by atoms with Crippen LogP contribution in [0.3, 0.4) is 0 Å². The molecule has 0 atom stereocenters. The van der Waals surface area contributed by atoms with E-state index in [0.717, 1.165) is 11.3 Å². The van der Waals surface area contributed by atoms with Crippen LogP contribution in [0.2, 0.25) is 0 Å². The molecule has 9 N–H and O–H groups in total. The van der Waals surface area contributed by atoms with Crippen LogP contribution in [0.25, 0.3) is 0 Å². The van der Waals surface area contributed by atoms with Gasteiger partial charge in [-0.15, -0.1) is 0 Å². The van der Waals surface area contributed by atoms with Crippen molar-refractivity contribution in [2.75, 3.05) is 17.2 Å². The summed E-state index contributed by atoms with van der Waals surface area (Å²) in [5, 5.41) is 0. The fraction of sp³-hybridized carbons (Fsp3) is 0.143. The van der Waals surface area contributed by atoms with Gasteiger partial charge in [0.15, 0.2) is 5.69 Å². The van der Waals surface area contributed by atoms with Crippen molar-refractivity contribution in [1.82, 2.24) is 0 Å². The van der Waals surface area contributed by atoms with E-state index in [9.17, 15) is 0 Å². The maximum Gasteiger partial charge on any atom is 0.156 e. The lowest BCUT2D eigenvalue weighted by Gasteiger charge is -2.06. The average molecular weight is 153 g/mol. The Bertz CT molecular complexity index is 267. The Labute approximate surface area is 65.2 Å². The van der Waals surface area contributed by atoms with E-state index >= 15 is 0 Å². The number of hydrogen-bond acceptors (Lipinski definition) is 3. The third kappa shape index (κ3) is 1.08. The molecule has 1 aromatic carbocycles. The molecule has 0 aliphatic rings. The Kier molecular flexibility index (Phi) is 1.62. The van der Waals surface area contributed by atoms with Crippen LogP contribution >= 0.6 is 0 Å². The lowest BCUT2D eigenvalue weighted by Crippen LogP contribution is -2.42. The highest BCUT2D eigenvalue weighted by molar-refractivity contribution is 5.80. The predicted molar refractivity (Wildman–Crippen MR) is 47.0 cm³/mol. The van der Waals surface area contributed by atoms with Crippen molar-refractivity contribution in [3.8, 4) is 0 Å². The van der Waals surface area contributed by atoms with Gasteiger partial charge in [-0.05, 0) is 13.0 Å². The zero-order valence-corrected chi connectivity index (χ0v) is 6.52. The summed E-state index contributed by atoms with van der Waals surface area (Å²) in [4.78, 5) is 0. The molecular weight excluding hydrogens is 140 g/mol. The van der Waals surface area contributed by atoms with E-state index in [1.165, 1.54) is 0 Å². The first-order valence-corrected chi connectivity index (χ1v) is 3.30. The minimum Gasteiger partial charge on any atom is -0.397 e. The number of nitrogen functional groups attached to an aromatic ring is 3. The SMILES string of the molecule is Cc1c(N)c(N)cc(N)c1[NH3+]. The van der Waals surface area contributed by atoms with Gasteiger partial charge in [0.05, 0.1) is 17.1 Å². The second-order valence-electron chi connectivity index (χ2n) is 2.57. The molecule has 60 valence electrons. The topological polar surface area (TPSA) is 106 Å². The number of hydrogen-bond donors (Lipinski definition) is 4. The highest BCUT2D eigenvalue weighted by atomic mass is 14.7. The summed E-state index contributed by atoms with van der Waals surface area (Å²) in [6.07, 6.45) is 0. The van der Waals surface area contributed by atoms with Gasteiger partial charge in [-0.3, -0.25) is 0 Å². The maximum absolute atomic E-state index is 5.63. The summed E-state index contributed by atoms with van der Waals surface area (Å²) in [5.41, 5.74) is 23.9. The molecule has 0 bridgehead atoms. The van der Waals surface area contributed by atoms with Gasteiger partial charge >= 0.3 is 0 Å². The molecule has 1 aromatic rings. The van der Waals surface area contributed by atoms with Crippen LogP contribution in [0.1, 0.15) is 5.56 Å². The first kappa shape index (κ1) is 7.68. The zero-order chi connectivity index (χ0) is 8.59. The molecule has 0 fully saturated rings. The highest BCUT2D eigenvalue weighted by Crippen LogP contribution is 2.28. The predicted octanol–water partition coefficient (Wildman–Crippen LogP) is -0.385.